The van der Waals surface area contributed by atoms with Crippen molar-refractivity contribution >= 4 is 22.9 Å². The topological polar surface area (TPSA) is 39.7 Å². The van der Waals surface area contributed by atoms with Crippen LogP contribution in [0.2, 0.25) is 4.34 Å². The minimum absolute atomic E-state index is 0.605. The summed E-state index contributed by atoms with van der Waals surface area (Å²) >= 11 is 7.49. The molecule has 1 aromatic heterocycles. The van der Waals surface area contributed by atoms with E-state index < -0.39 is 0 Å². The zero-order chi connectivity index (χ0) is 15.2. The van der Waals surface area contributed by atoms with E-state index in [9.17, 15) is 0 Å². The quantitative estimate of drug-likeness (QED) is 0.841. The van der Waals surface area contributed by atoms with Crippen LogP contribution in [0.4, 0.5) is 0 Å². The van der Waals surface area contributed by atoms with Crippen molar-refractivity contribution in [3.63, 3.8) is 0 Å². The summed E-state index contributed by atoms with van der Waals surface area (Å²) in [5.74, 6) is 1.93. The number of nitrogens with one attached hydrogen (secondary N) is 1. The molecule has 0 spiro atoms. The maximum Gasteiger partial charge on any atom is 0.203 e. The van der Waals surface area contributed by atoms with E-state index in [1.165, 1.54) is 4.88 Å². The highest BCUT2D eigenvalue weighted by Crippen LogP contribution is 2.38. The molecular formula is C15H18ClNO3S. The molecule has 114 valence electrons. The fourth-order valence-electron chi connectivity index (χ4n) is 2.01. The van der Waals surface area contributed by atoms with E-state index in [-0.39, 0.29) is 0 Å². The zero-order valence-corrected chi connectivity index (χ0v) is 13.8. The Morgan fingerprint density at radius 2 is 1.67 bits per heavy atom. The Balaban J connectivity index is 2.05. The van der Waals surface area contributed by atoms with Gasteiger partial charge in [0, 0.05) is 18.0 Å². The molecule has 0 aliphatic carbocycles. The van der Waals surface area contributed by atoms with E-state index in [4.69, 9.17) is 25.8 Å². The van der Waals surface area contributed by atoms with Crippen LogP contribution in [0.15, 0.2) is 24.3 Å². The molecule has 0 bridgehead atoms. The minimum Gasteiger partial charge on any atom is -0.493 e. The predicted molar refractivity (Wildman–Crippen MR) is 86.0 cm³/mol. The van der Waals surface area contributed by atoms with E-state index >= 15 is 0 Å². The maximum atomic E-state index is 5.91. The van der Waals surface area contributed by atoms with E-state index in [0.717, 1.165) is 16.4 Å². The van der Waals surface area contributed by atoms with Gasteiger partial charge in [0.2, 0.25) is 5.75 Å². The smallest absolute Gasteiger partial charge is 0.203 e. The summed E-state index contributed by atoms with van der Waals surface area (Å²) in [5.41, 5.74) is 1.06. The molecule has 0 atom stereocenters. The lowest BCUT2D eigenvalue weighted by Gasteiger charge is -2.14. The first kappa shape index (κ1) is 15.9. The molecule has 0 radical (unpaired) electrons. The first-order valence-corrected chi connectivity index (χ1v) is 7.61. The first-order chi connectivity index (χ1) is 10.2. The molecule has 0 amide bonds. The molecule has 1 N–H and O–H groups in total. The summed E-state index contributed by atoms with van der Waals surface area (Å²) in [7, 11) is 4.82. The standard InChI is InChI=1S/C15H18ClNO3S/c1-18-12-6-10(7-13(19-2)15(12)20-3)8-17-9-11-4-5-14(16)21-11/h4-7,17H,8-9H2,1-3H3. The number of ether oxygens (including phenoxy) is 3. The van der Waals surface area contributed by atoms with Crippen LogP contribution in [0.25, 0.3) is 0 Å². The molecule has 0 saturated heterocycles. The van der Waals surface area contributed by atoms with Crippen molar-refractivity contribution in [1.29, 1.82) is 0 Å². The van der Waals surface area contributed by atoms with Crippen LogP contribution in [-0.4, -0.2) is 21.3 Å². The van der Waals surface area contributed by atoms with Crippen molar-refractivity contribution < 1.29 is 14.2 Å². The highest BCUT2D eigenvalue weighted by Gasteiger charge is 2.12. The molecule has 0 saturated carbocycles. The van der Waals surface area contributed by atoms with Crippen LogP contribution in [-0.2, 0) is 13.1 Å². The Morgan fingerprint density at radius 1 is 1.00 bits per heavy atom. The molecule has 0 fully saturated rings. The SMILES string of the molecule is COc1cc(CNCc2ccc(Cl)s2)cc(OC)c1OC. The molecule has 1 heterocycles. The Kier molecular flexibility index (Phi) is 5.73. The molecule has 6 heteroatoms. The first-order valence-electron chi connectivity index (χ1n) is 6.41. The molecule has 0 unspecified atom stereocenters. The van der Waals surface area contributed by atoms with E-state index in [1.54, 1.807) is 32.7 Å². The van der Waals surface area contributed by atoms with Gasteiger partial charge in [-0.05, 0) is 29.8 Å². The van der Waals surface area contributed by atoms with Crippen LogP contribution >= 0.6 is 22.9 Å². The van der Waals surface area contributed by atoms with Crippen molar-refractivity contribution in [2.24, 2.45) is 0 Å². The Morgan fingerprint density at radius 3 is 2.14 bits per heavy atom. The van der Waals surface area contributed by atoms with Gasteiger partial charge in [-0.2, -0.15) is 0 Å². The van der Waals surface area contributed by atoms with Gasteiger partial charge in [0.05, 0.1) is 25.7 Å². The summed E-state index contributed by atoms with van der Waals surface area (Å²) in [6.45, 7) is 1.47. The normalized spacial score (nSPS) is 10.5. The number of hydrogen-bond acceptors (Lipinski definition) is 5. The molecule has 4 nitrogen and oxygen atoms in total. The number of benzene rings is 1. The Labute approximate surface area is 133 Å². The highest BCUT2D eigenvalue weighted by molar-refractivity contribution is 7.16. The number of rotatable bonds is 7. The largest absolute Gasteiger partial charge is 0.493 e. The van der Waals surface area contributed by atoms with Gasteiger partial charge >= 0.3 is 0 Å². The van der Waals surface area contributed by atoms with Gasteiger partial charge in [-0.1, -0.05) is 11.6 Å². The fraction of sp³-hybridized carbons (Fsp3) is 0.333. The average Bonchev–Trinajstić information content (AvgIpc) is 2.91. The molecule has 2 rings (SSSR count). The third-order valence-corrected chi connectivity index (χ3v) is 4.21. The lowest BCUT2D eigenvalue weighted by Crippen LogP contribution is -2.12. The molecular weight excluding hydrogens is 310 g/mol. The minimum atomic E-state index is 0.605. The summed E-state index contributed by atoms with van der Waals surface area (Å²) in [6.07, 6.45) is 0. The van der Waals surface area contributed by atoms with Gasteiger partial charge in [0.25, 0.3) is 0 Å². The third kappa shape index (κ3) is 4.03. The highest BCUT2D eigenvalue weighted by atomic mass is 35.5. The van der Waals surface area contributed by atoms with E-state index in [1.807, 2.05) is 24.3 Å². The van der Waals surface area contributed by atoms with Crippen molar-refractivity contribution in [3.05, 3.63) is 39.0 Å². The van der Waals surface area contributed by atoms with E-state index in [0.29, 0.717) is 23.8 Å². The van der Waals surface area contributed by atoms with Crippen LogP contribution in [0.3, 0.4) is 0 Å². The Bertz CT molecular complexity index is 575. The summed E-state index contributed by atoms with van der Waals surface area (Å²) < 4.78 is 16.8. The van der Waals surface area contributed by atoms with Crippen molar-refractivity contribution in [1.82, 2.24) is 5.32 Å². The molecule has 2 aromatic rings. The fourth-order valence-corrected chi connectivity index (χ4v) is 3.07. The molecule has 0 aliphatic heterocycles. The summed E-state index contributed by atoms with van der Waals surface area (Å²) in [4.78, 5) is 1.20. The van der Waals surface area contributed by atoms with E-state index in [2.05, 4.69) is 5.32 Å². The number of hydrogen-bond donors (Lipinski definition) is 1. The second kappa shape index (κ2) is 7.54. The second-order valence-corrected chi connectivity index (χ2v) is 6.14. The number of methoxy groups -OCH3 is 3. The van der Waals surface area contributed by atoms with Crippen LogP contribution in [0.5, 0.6) is 17.2 Å². The second-order valence-electron chi connectivity index (χ2n) is 4.34. The van der Waals surface area contributed by atoms with Crippen LogP contribution in [0, 0.1) is 0 Å². The zero-order valence-electron chi connectivity index (χ0n) is 12.2. The lowest BCUT2D eigenvalue weighted by atomic mass is 10.1. The van der Waals surface area contributed by atoms with Crippen molar-refractivity contribution in [2.45, 2.75) is 13.1 Å². The Hall–Kier alpha value is -1.43. The number of thiophene rings is 1. The van der Waals surface area contributed by atoms with Gasteiger partial charge in [-0.3, -0.25) is 0 Å². The predicted octanol–water partition coefficient (Wildman–Crippen LogP) is 3.72. The van der Waals surface area contributed by atoms with Gasteiger partial charge in [-0.25, -0.2) is 0 Å². The molecule has 1 aromatic carbocycles. The molecule has 21 heavy (non-hydrogen) atoms. The van der Waals surface area contributed by atoms with Gasteiger partial charge in [0.1, 0.15) is 0 Å². The van der Waals surface area contributed by atoms with Crippen molar-refractivity contribution in [2.75, 3.05) is 21.3 Å². The third-order valence-electron chi connectivity index (χ3n) is 2.98. The summed E-state index contributed by atoms with van der Waals surface area (Å²) in [6, 6.07) is 7.81. The van der Waals surface area contributed by atoms with Crippen molar-refractivity contribution in [3.8, 4) is 17.2 Å². The van der Waals surface area contributed by atoms with Gasteiger partial charge in [-0.15, -0.1) is 11.3 Å². The van der Waals surface area contributed by atoms with Gasteiger partial charge in [0.15, 0.2) is 11.5 Å². The average molecular weight is 328 g/mol. The summed E-state index contributed by atoms with van der Waals surface area (Å²) in [5, 5.41) is 3.37. The van der Waals surface area contributed by atoms with Crippen LogP contribution in [0.1, 0.15) is 10.4 Å². The lowest BCUT2D eigenvalue weighted by molar-refractivity contribution is 0.323. The van der Waals surface area contributed by atoms with Crippen LogP contribution < -0.4 is 19.5 Å². The monoisotopic (exact) mass is 327 g/mol. The molecule has 0 aliphatic rings. The number of halogens is 1. The van der Waals surface area contributed by atoms with Gasteiger partial charge < -0.3 is 19.5 Å². The maximum absolute atomic E-state index is 5.91.